The van der Waals surface area contributed by atoms with Gasteiger partial charge in [-0.05, 0) is 36.6 Å². The maximum Gasteiger partial charge on any atom is 0.326 e. The van der Waals surface area contributed by atoms with Crippen LogP contribution in [0.5, 0.6) is 5.75 Å². The molecule has 1 heterocycles. The van der Waals surface area contributed by atoms with Crippen molar-refractivity contribution >= 4 is 12.0 Å². The van der Waals surface area contributed by atoms with E-state index in [0.717, 1.165) is 0 Å². The highest BCUT2D eigenvalue weighted by Crippen LogP contribution is 2.18. The largest absolute Gasteiger partial charge is 0.487 e. The Hall–Kier alpha value is -2.31. The van der Waals surface area contributed by atoms with Crippen LogP contribution >= 0.6 is 0 Å². The minimum absolute atomic E-state index is 0.167. The fraction of sp³-hybridized carbons (Fsp3) is 0.500. The van der Waals surface area contributed by atoms with E-state index in [4.69, 9.17) is 9.84 Å². The van der Waals surface area contributed by atoms with E-state index in [1.807, 2.05) is 13.8 Å². The topological polar surface area (TPSA) is 78.9 Å². The number of aliphatic carboxylic acids is 1. The highest BCUT2D eigenvalue weighted by molar-refractivity contribution is 5.83. The average molecular weight is 324 g/mol. The average Bonchev–Trinajstić information content (AvgIpc) is 2.42. The van der Waals surface area contributed by atoms with E-state index in [2.05, 4.69) is 5.32 Å². The van der Waals surface area contributed by atoms with Crippen LogP contribution < -0.4 is 10.1 Å². The van der Waals surface area contributed by atoms with Gasteiger partial charge in [-0.3, -0.25) is 0 Å². The predicted octanol–water partition coefficient (Wildman–Crippen LogP) is 2.10. The van der Waals surface area contributed by atoms with Crippen molar-refractivity contribution in [3.8, 4) is 5.75 Å². The Morgan fingerprint density at radius 1 is 1.35 bits per heavy atom. The predicted molar refractivity (Wildman–Crippen MR) is 81.8 cm³/mol. The van der Waals surface area contributed by atoms with E-state index in [1.54, 1.807) is 0 Å². The molecule has 2 N–H and O–H groups in total. The number of likely N-dealkylation sites (tertiary alicyclic amines) is 1. The number of halogens is 1. The standard InChI is InChI=1S/C16H21FN2O4/c1-10(2)7-14(15(20)21)18-16(22)19-8-13(9-19)23-12-5-3-11(17)4-6-12/h3-6,10,13-14H,7-9H2,1-2H3,(H,18,22)(H,20,21)/t14-/m0/s1. The monoisotopic (exact) mass is 324 g/mol. The molecule has 1 aliphatic rings. The normalized spacial score (nSPS) is 15.9. The lowest BCUT2D eigenvalue weighted by molar-refractivity contribution is -0.139. The molecule has 1 saturated heterocycles. The number of nitrogens with one attached hydrogen (secondary N) is 1. The Labute approximate surface area is 134 Å². The Morgan fingerprint density at radius 3 is 2.48 bits per heavy atom. The zero-order valence-electron chi connectivity index (χ0n) is 13.2. The lowest BCUT2D eigenvalue weighted by Crippen LogP contribution is -2.60. The number of carboxylic acid groups (broad SMARTS) is 1. The summed E-state index contributed by atoms with van der Waals surface area (Å²) in [5.41, 5.74) is 0. The van der Waals surface area contributed by atoms with Gasteiger partial charge in [-0.15, -0.1) is 0 Å². The molecular formula is C16H21FN2O4. The van der Waals surface area contributed by atoms with Gasteiger partial charge >= 0.3 is 12.0 Å². The Bertz CT molecular complexity index is 556. The fourth-order valence-electron chi connectivity index (χ4n) is 2.32. The van der Waals surface area contributed by atoms with Gasteiger partial charge in [0.1, 0.15) is 23.7 Å². The first-order chi connectivity index (χ1) is 10.8. The van der Waals surface area contributed by atoms with E-state index in [0.29, 0.717) is 25.3 Å². The molecule has 0 radical (unpaired) electrons. The summed E-state index contributed by atoms with van der Waals surface area (Å²) in [6, 6.07) is 4.38. The molecule has 0 aliphatic carbocycles. The van der Waals surface area contributed by atoms with Crippen LogP contribution in [0.25, 0.3) is 0 Å². The molecule has 1 aromatic carbocycles. The smallest absolute Gasteiger partial charge is 0.326 e. The Balaban J connectivity index is 1.78. The molecule has 7 heteroatoms. The molecule has 1 atom stereocenters. The van der Waals surface area contributed by atoms with Crippen molar-refractivity contribution in [2.75, 3.05) is 13.1 Å². The van der Waals surface area contributed by atoms with Gasteiger partial charge in [0.15, 0.2) is 0 Å². The molecule has 23 heavy (non-hydrogen) atoms. The van der Waals surface area contributed by atoms with Crippen LogP contribution in [0.3, 0.4) is 0 Å². The van der Waals surface area contributed by atoms with Gasteiger partial charge in [0, 0.05) is 0 Å². The van der Waals surface area contributed by atoms with Crippen LogP contribution in [0.15, 0.2) is 24.3 Å². The van der Waals surface area contributed by atoms with Gasteiger partial charge in [0.05, 0.1) is 13.1 Å². The maximum absolute atomic E-state index is 12.8. The van der Waals surface area contributed by atoms with Gasteiger partial charge in [-0.1, -0.05) is 13.8 Å². The Morgan fingerprint density at radius 2 is 1.96 bits per heavy atom. The molecule has 0 saturated carbocycles. The number of benzene rings is 1. The summed E-state index contributed by atoms with van der Waals surface area (Å²) >= 11 is 0. The van der Waals surface area contributed by atoms with Crippen molar-refractivity contribution < 1.29 is 23.8 Å². The number of nitrogens with zero attached hydrogens (tertiary/aromatic N) is 1. The van der Waals surface area contributed by atoms with Crippen molar-refractivity contribution in [1.29, 1.82) is 0 Å². The Kier molecular flexibility index (Phi) is 5.41. The van der Waals surface area contributed by atoms with Crippen LogP contribution in [0, 0.1) is 11.7 Å². The molecule has 1 fully saturated rings. The van der Waals surface area contributed by atoms with Crippen LogP contribution in [0.4, 0.5) is 9.18 Å². The third-order valence-electron chi connectivity index (χ3n) is 3.55. The number of amides is 2. The van der Waals surface area contributed by atoms with Crippen LogP contribution in [-0.2, 0) is 4.79 Å². The van der Waals surface area contributed by atoms with Crippen molar-refractivity contribution in [1.82, 2.24) is 10.2 Å². The third-order valence-corrected chi connectivity index (χ3v) is 3.55. The molecule has 0 spiro atoms. The number of carbonyl (C=O) groups is 2. The second-order valence-electron chi connectivity index (χ2n) is 6.07. The highest BCUT2D eigenvalue weighted by Gasteiger charge is 2.34. The third kappa shape index (κ3) is 4.84. The lowest BCUT2D eigenvalue weighted by atomic mass is 10.0. The molecule has 6 nitrogen and oxygen atoms in total. The van der Waals surface area contributed by atoms with Crippen molar-refractivity contribution in [2.45, 2.75) is 32.4 Å². The molecule has 126 valence electrons. The van der Waals surface area contributed by atoms with E-state index < -0.39 is 18.0 Å². The SMILES string of the molecule is CC(C)C[C@H](NC(=O)N1CC(Oc2ccc(F)cc2)C1)C(=O)O. The summed E-state index contributed by atoms with van der Waals surface area (Å²) in [6.45, 7) is 4.55. The highest BCUT2D eigenvalue weighted by atomic mass is 19.1. The quantitative estimate of drug-likeness (QED) is 0.840. The second-order valence-corrected chi connectivity index (χ2v) is 6.07. The fourth-order valence-corrected chi connectivity index (χ4v) is 2.32. The van der Waals surface area contributed by atoms with Gasteiger partial charge in [0.25, 0.3) is 0 Å². The number of rotatable bonds is 6. The van der Waals surface area contributed by atoms with Crippen molar-refractivity contribution in [2.24, 2.45) is 5.92 Å². The minimum atomic E-state index is -1.04. The molecule has 0 unspecified atom stereocenters. The van der Waals surface area contributed by atoms with Crippen molar-refractivity contribution in [3.63, 3.8) is 0 Å². The van der Waals surface area contributed by atoms with Crippen molar-refractivity contribution in [3.05, 3.63) is 30.1 Å². The molecule has 2 rings (SSSR count). The van der Waals surface area contributed by atoms with E-state index in [1.165, 1.54) is 29.2 Å². The molecular weight excluding hydrogens is 303 g/mol. The lowest BCUT2D eigenvalue weighted by Gasteiger charge is -2.39. The number of hydrogen-bond acceptors (Lipinski definition) is 3. The van der Waals surface area contributed by atoms with E-state index in [-0.39, 0.29) is 17.8 Å². The maximum atomic E-state index is 12.8. The van der Waals surface area contributed by atoms with Crippen LogP contribution in [-0.4, -0.2) is 47.2 Å². The summed E-state index contributed by atoms with van der Waals surface area (Å²) in [6.07, 6.45) is 0.212. The second kappa shape index (κ2) is 7.30. The first kappa shape index (κ1) is 17.1. The summed E-state index contributed by atoms with van der Waals surface area (Å²) in [7, 11) is 0. The number of carboxylic acids is 1. The van der Waals surface area contributed by atoms with Gasteiger partial charge in [-0.2, -0.15) is 0 Å². The van der Waals surface area contributed by atoms with Gasteiger partial charge in [-0.25, -0.2) is 14.0 Å². The summed E-state index contributed by atoms with van der Waals surface area (Å²) in [4.78, 5) is 24.6. The molecule has 0 aromatic heterocycles. The van der Waals surface area contributed by atoms with Crippen LogP contribution in [0.2, 0.25) is 0 Å². The van der Waals surface area contributed by atoms with Gasteiger partial charge in [0.2, 0.25) is 0 Å². The number of ether oxygens (including phenoxy) is 1. The first-order valence-electron chi connectivity index (χ1n) is 7.55. The molecule has 2 amide bonds. The van der Waals surface area contributed by atoms with Gasteiger partial charge < -0.3 is 20.1 Å². The van der Waals surface area contributed by atoms with Crippen LogP contribution in [0.1, 0.15) is 20.3 Å². The summed E-state index contributed by atoms with van der Waals surface area (Å²) < 4.78 is 18.4. The molecule has 0 bridgehead atoms. The van der Waals surface area contributed by atoms with E-state index >= 15 is 0 Å². The number of urea groups is 1. The van der Waals surface area contributed by atoms with E-state index in [9.17, 15) is 14.0 Å². The first-order valence-corrected chi connectivity index (χ1v) is 7.55. The molecule has 1 aromatic rings. The summed E-state index contributed by atoms with van der Waals surface area (Å²) in [5.74, 6) is -0.662. The zero-order valence-corrected chi connectivity index (χ0v) is 13.2. The zero-order chi connectivity index (χ0) is 17.0. The molecule has 1 aliphatic heterocycles. The summed E-state index contributed by atoms with van der Waals surface area (Å²) in [5, 5.41) is 11.6. The minimum Gasteiger partial charge on any atom is -0.487 e. The number of hydrogen-bond donors (Lipinski definition) is 2. The number of carbonyl (C=O) groups excluding carboxylic acids is 1.